The molecule has 0 aromatic rings. The van der Waals surface area contributed by atoms with Crippen LogP contribution in [-0.2, 0) is 6.15 Å². The molecule has 0 spiro atoms. The first-order valence-electron chi connectivity index (χ1n) is 10.5. The van der Waals surface area contributed by atoms with Gasteiger partial charge in [0, 0.05) is 0 Å². The zero-order valence-electron chi connectivity index (χ0n) is 16.6. The molecule has 0 aromatic heterocycles. The van der Waals surface area contributed by atoms with Gasteiger partial charge >= 0.3 is 152 Å². The Hall–Kier alpha value is 0.719. The van der Waals surface area contributed by atoms with Crippen molar-refractivity contribution in [3.05, 3.63) is 0 Å². The molecule has 0 fully saturated rings. The number of rotatable bonds is 18. The number of hydrogen-bond acceptors (Lipinski definition) is 2. The molecule has 0 saturated carbocycles. The van der Waals surface area contributed by atoms with Crippen molar-refractivity contribution in [3.63, 3.8) is 0 Å². The second kappa shape index (κ2) is 17.5. The minimum atomic E-state index is -2.79. The van der Waals surface area contributed by atoms with Gasteiger partial charge in [-0.25, -0.2) is 0 Å². The summed E-state index contributed by atoms with van der Waals surface area (Å²) in [5.74, 6) is 0. The van der Waals surface area contributed by atoms with Gasteiger partial charge in [-0.2, -0.15) is 0 Å². The second-order valence-electron chi connectivity index (χ2n) is 6.94. The molecule has 0 aliphatic rings. The third-order valence-corrected chi connectivity index (χ3v) is 15.1. The molecule has 0 aliphatic carbocycles. The molecule has 0 rings (SSSR count). The zero-order valence-corrected chi connectivity index (χ0v) is 19.5. The van der Waals surface area contributed by atoms with E-state index in [0.29, 0.717) is 0 Å². The Morgan fingerprint density at radius 3 is 1.43 bits per heavy atom. The molecule has 0 heterocycles. The van der Waals surface area contributed by atoms with Crippen LogP contribution in [0.3, 0.4) is 0 Å². The molecular formula is C20H44O2Sn. The first-order chi connectivity index (χ1) is 11.2. The number of hydrogen-bond donors (Lipinski definition) is 0. The molecule has 0 unspecified atom stereocenters. The van der Waals surface area contributed by atoms with Crippen molar-refractivity contribution in [2.45, 2.75) is 114 Å². The van der Waals surface area contributed by atoms with Crippen molar-refractivity contribution in [3.8, 4) is 0 Å². The van der Waals surface area contributed by atoms with Gasteiger partial charge in [0.05, 0.1) is 0 Å². The third-order valence-electron chi connectivity index (χ3n) is 4.55. The summed E-state index contributed by atoms with van der Waals surface area (Å²) in [6.07, 6.45) is 15.6. The van der Waals surface area contributed by atoms with Gasteiger partial charge in [0.15, 0.2) is 0 Å². The Morgan fingerprint density at radius 1 is 0.478 bits per heavy atom. The Labute approximate surface area is 152 Å². The average molecular weight is 435 g/mol. The van der Waals surface area contributed by atoms with E-state index < -0.39 is 19.2 Å². The fourth-order valence-corrected chi connectivity index (χ4v) is 13.5. The van der Waals surface area contributed by atoms with E-state index in [1.807, 2.05) is 0 Å². The molecule has 23 heavy (non-hydrogen) atoms. The Morgan fingerprint density at radius 2 is 0.913 bits per heavy atom. The van der Waals surface area contributed by atoms with Crippen LogP contribution in [0.15, 0.2) is 0 Å². The van der Waals surface area contributed by atoms with E-state index in [4.69, 9.17) is 6.15 Å². The summed E-state index contributed by atoms with van der Waals surface area (Å²) in [6.45, 7) is 11.0. The summed E-state index contributed by atoms with van der Waals surface area (Å²) in [5.41, 5.74) is 0. The van der Waals surface area contributed by atoms with E-state index >= 15 is 0 Å². The Kier molecular flexibility index (Phi) is 18.1. The van der Waals surface area contributed by atoms with E-state index in [0.717, 1.165) is 13.2 Å². The standard InChI is InChI=1S/C8H17O.C4H9O.2C4H9.Sn/c1-2-3-4-5-6-7-8-9;1-2-3-4-5;2*1-3-4-2;/h2-8H2,1H3;2-4H2,1H3;2*1,3-4H2,2H3;/q2*-1;;;+2. The molecule has 0 aliphatic heterocycles. The molecule has 0 saturated heterocycles. The first-order valence-corrected chi connectivity index (χ1v) is 16.9. The molecule has 3 heteroatoms. The molecule has 2 nitrogen and oxygen atoms in total. The molecule has 0 amide bonds. The van der Waals surface area contributed by atoms with Crippen LogP contribution >= 0.6 is 0 Å². The van der Waals surface area contributed by atoms with E-state index in [-0.39, 0.29) is 0 Å². The predicted octanol–water partition coefficient (Wildman–Crippen LogP) is 7.22. The topological polar surface area (TPSA) is 18.5 Å². The Bertz CT molecular complexity index is 226. The van der Waals surface area contributed by atoms with Crippen LogP contribution in [0.1, 0.15) is 105 Å². The van der Waals surface area contributed by atoms with Crippen LogP contribution in [0.2, 0.25) is 8.87 Å². The van der Waals surface area contributed by atoms with Gasteiger partial charge in [-0.05, 0) is 0 Å². The second-order valence-corrected chi connectivity index (χ2v) is 16.6. The first kappa shape index (κ1) is 23.7. The van der Waals surface area contributed by atoms with Crippen molar-refractivity contribution in [1.29, 1.82) is 0 Å². The van der Waals surface area contributed by atoms with E-state index in [9.17, 15) is 0 Å². The molecule has 0 radical (unpaired) electrons. The van der Waals surface area contributed by atoms with Crippen LogP contribution in [0.25, 0.3) is 0 Å². The van der Waals surface area contributed by atoms with Crippen LogP contribution in [0, 0.1) is 0 Å². The van der Waals surface area contributed by atoms with Gasteiger partial charge in [-0.3, -0.25) is 0 Å². The van der Waals surface area contributed by atoms with Gasteiger partial charge in [-0.15, -0.1) is 0 Å². The van der Waals surface area contributed by atoms with Gasteiger partial charge in [0.1, 0.15) is 0 Å². The molecular weight excluding hydrogens is 391 g/mol. The van der Waals surface area contributed by atoms with Crippen molar-refractivity contribution >= 4 is 19.2 Å². The van der Waals surface area contributed by atoms with Crippen molar-refractivity contribution in [2.24, 2.45) is 0 Å². The van der Waals surface area contributed by atoms with E-state index in [1.54, 1.807) is 0 Å². The zero-order chi connectivity index (χ0) is 17.2. The summed E-state index contributed by atoms with van der Waals surface area (Å²) < 4.78 is 15.6. The van der Waals surface area contributed by atoms with Crippen LogP contribution in [0.5, 0.6) is 0 Å². The van der Waals surface area contributed by atoms with Crippen molar-refractivity contribution in [1.82, 2.24) is 0 Å². The normalized spacial score (nSPS) is 12.0. The summed E-state index contributed by atoms with van der Waals surface area (Å²) >= 11 is -2.79. The van der Waals surface area contributed by atoms with Crippen molar-refractivity contribution < 1.29 is 6.15 Å². The SMILES string of the molecule is CCCCCCCC[O][Sn]([CH2]CCC)([CH2]CCC)[O]CCCC. The average Bonchev–Trinajstić information content (AvgIpc) is 2.57. The minimum absolute atomic E-state index is 0.941. The van der Waals surface area contributed by atoms with E-state index in [1.165, 1.54) is 85.9 Å². The monoisotopic (exact) mass is 436 g/mol. The van der Waals surface area contributed by atoms with E-state index in [2.05, 4.69) is 27.7 Å². The third kappa shape index (κ3) is 13.7. The van der Waals surface area contributed by atoms with Crippen LogP contribution < -0.4 is 0 Å². The van der Waals surface area contributed by atoms with Crippen molar-refractivity contribution in [2.75, 3.05) is 13.2 Å². The summed E-state index contributed by atoms with van der Waals surface area (Å²) in [4.78, 5) is 0. The maximum atomic E-state index is 6.57. The molecule has 0 aromatic carbocycles. The Balaban J connectivity index is 4.28. The number of unbranched alkanes of at least 4 members (excludes halogenated alkanes) is 8. The van der Waals surface area contributed by atoms with Crippen LogP contribution in [-0.4, -0.2) is 32.4 Å². The molecule has 0 bridgehead atoms. The van der Waals surface area contributed by atoms with Gasteiger partial charge in [0.25, 0.3) is 0 Å². The molecule has 140 valence electrons. The summed E-state index contributed by atoms with van der Waals surface area (Å²) in [5, 5.41) is 0. The predicted molar refractivity (Wildman–Crippen MR) is 105 cm³/mol. The molecule has 0 N–H and O–H groups in total. The van der Waals surface area contributed by atoms with Gasteiger partial charge < -0.3 is 0 Å². The maximum absolute atomic E-state index is 6.57. The quantitative estimate of drug-likeness (QED) is 0.167. The fraction of sp³-hybridized carbons (Fsp3) is 1.00. The van der Waals surface area contributed by atoms with Gasteiger partial charge in [-0.1, -0.05) is 0 Å². The summed E-state index contributed by atoms with van der Waals surface area (Å²) in [7, 11) is 0. The summed E-state index contributed by atoms with van der Waals surface area (Å²) in [6, 6.07) is 0. The van der Waals surface area contributed by atoms with Gasteiger partial charge in [0.2, 0.25) is 0 Å². The van der Waals surface area contributed by atoms with Crippen LogP contribution in [0.4, 0.5) is 0 Å². The molecule has 0 atom stereocenters. The fourth-order valence-electron chi connectivity index (χ4n) is 2.89.